The van der Waals surface area contributed by atoms with Gasteiger partial charge in [-0.05, 0) is 37.3 Å². The molecule has 1 aliphatic rings. The van der Waals surface area contributed by atoms with Gasteiger partial charge in [0.2, 0.25) is 0 Å². The Morgan fingerprint density at radius 1 is 1.44 bits per heavy atom. The number of hydrogen-bond donors (Lipinski definition) is 2. The van der Waals surface area contributed by atoms with Gasteiger partial charge >= 0.3 is 0 Å². The fourth-order valence-corrected chi connectivity index (χ4v) is 3.08. The first-order chi connectivity index (χ1) is 11.9. The van der Waals surface area contributed by atoms with E-state index in [1.54, 1.807) is 12.1 Å². The smallest absolute Gasteiger partial charge is 0.293 e. The second kappa shape index (κ2) is 8.80. The second-order valence-corrected chi connectivity index (χ2v) is 6.78. The average Bonchev–Trinajstić information content (AvgIpc) is 2.60. The third-order valence-electron chi connectivity index (χ3n) is 4.68. The number of carbonyl (C=O) groups excluding carboxylic acids is 1. The van der Waals surface area contributed by atoms with Crippen molar-refractivity contribution in [3.05, 3.63) is 33.9 Å². The van der Waals surface area contributed by atoms with Crippen molar-refractivity contribution in [1.82, 2.24) is 5.32 Å². The summed E-state index contributed by atoms with van der Waals surface area (Å²) in [6, 6.07) is 4.60. The Morgan fingerprint density at radius 2 is 2.12 bits per heavy atom. The Labute approximate surface area is 148 Å². The Kier molecular flexibility index (Phi) is 6.75. The summed E-state index contributed by atoms with van der Waals surface area (Å²) in [5.41, 5.74) is 0.764. The van der Waals surface area contributed by atoms with E-state index in [1.165, 1.54) is 6.07 Å². The molecule has 1 amide bonds. The summed E-state index contributed by atoms with van der Waals surface area (Å²) in [6.45, 7) is 5.86. The van der Waals surface area contributed by atoms with Crippen molar-refractivity contribution in [2.45, 2.75) is 45.6 Å². The number of hydrogen-bond acceptors (Lipinski definition) is 5. The molecule has 0 aromatic heterocycles. The number of rotatable bonds is 7. The van der Waals surface area contributed by atoms with Crippen LogP contribution < -0.4 is 10.2 Å². The molecule has 0 aliphatic carbocycles. The molecule has 1 unspecified atom stereocenters. The minimum absolute atomic E-state index is 0.0451. The van der Waals surface area contributed by atoms with Gasteiger partial charge in [-0.3, -0.25) is 14.9 Å². The Hall–Kier alpha value is -2.15. The summed E-state index contributed by atoms with van der Waals surface area (Å²) in [5.74, 6) is 0.229. The van der Waals surface area contributed by atoms with E-state index in [0.717, 1.165) is 32.4 Å². The van der Waals surface area contributed by atoms with Crippen molar-refractivity contribution in [3.63, 3.8) is 0 Å². The predicted molar refractivity (Wildman–Crippen MR) is 97.0 cm³/mol. The summed E-state index contributed by atoms with van der Waals surface area (Å²) in [6.07, 6.45) is 2.85. The van der Waals surface area contributed by atoms with Gasteiger partial charge in [0.05, 0.1) is 11.0 Å². The molecule has 0 bridgehead atoms. The quantitative estimate of drug-likeness (QED) is 0.583. The van der Waals surface area contributed by atoms with Gasteiger partial charge in [0, 0.05) is 31.3 Å². The van der Waals surface area contributed by atoms with Crippen molar-refractivity contribution < 1.29 is 14.8 Å². The SMILES string of the molecule is CCCC(O)CNC(=O)c1ccc(N2CCC(C)CC2)c([N+](=O)[O-])c1. The van der Waals surface area contributed by atoms with Gasteiger partial charge in [0.25, 0.3) is 11.6 Å². The van der Waals surface area contributed by atoms with Crippen LogP contribution in [-0.4, -0.2) is 41.7 Å². The Morgan fingerprint density at radius 3 is 2.72 bits per heavy atom. The molecule has 2 N–H and O–H groups in total. The molecule has 138 valence electrons. The van der Waals surface area contributed by atoms with Crippen molar-refractivity contribution >= 4 is 17.3 Å². The number of piperidine rings is 1. The van der Waals surface area contributed by atoms with Crippen molar-refractivity contribution in [2.24, 2.45) is 5.92 Å². The highest BCUT2D eigenvalue weighted by Gasteiger charge is 2.24. The van der Waals surface area contributed by atoms with Gasteiger partial charge in [-0.25, -0.2) is 0 Å². The standard InChI is InChI=1S/C18H27N3O4/c1-3-4-15(22)12-19-18(23)14-5-6-16(17(11-14)21(24)25)20-9-7-13(2)8-10-20/h5-6,11,13,15,22H,3-4,7-10,12H2,1-2H3,(H,19,23). The number of nitrogens with one attached hydrogen (secondary N) is 1. The van der Waals surface area contributed by atoms with Gasteiger partial charge in [0.1, 0.15) is 5.69 Å². The van der Waals surface area contributed by atoms with E-state index in [-0.39, 0.29) is 17.8 Å². The molecule has 1 saturated heterocycles. The number of anilines is 1. The largest absolute Gasteiger partial charge is 0.391 e. The van der Waals surface area contributed by atoms with Gasteiger partial charge in [0.15, 0.2) is 0 Å². The highest BCUT2D eigenvalue weighted by Crippen LogP contribution is 2.32. The van der Waals surface area contributed by atoms with Gasteiger partial charge in [-0.1, -0.05) is 20.3 Å². The summed E-state index contributed by atoms with van der Waals surface area (Å²) >= 11 is 0. The number of nitrogens with zero attached hydrogens (tertiary/aromatic N) is 2. The minimum Gasteiger partial charge on any atom is -0.391 e. The van der Waals surface area contributed by atoms with E-state index in [1.807, 2.05) is 11.8 Å². The van der Waals surface area contributed by atoms with Crippen LogP contribution in [0, 0.1) is 16.0 Å². The number of nitro groups is 1. The molecule has 0 radical (unpaired) electrons. The maximum absolute atomic E-state index is 12.2. The number of benzene rings is 1. The van der Waals surface area contributed by atoms with Gasteiger partial charge in [-0.15, -0.1) is 0 Å². The molecule has 0 saturated carbocycles. The number of carbonyl (C=O) groups is 1. The summed E-state index contributed by atoms with van der Waals surface area (Å²) < 4.78 is 0. The van der Waals surface area contributed by atoms with Crippen LogP contribution >= 0.6 is 0 Å². The molecule has 1 heterocycles. The monoisotopic (exact) mass is 349 g/mol. The van der Waals surface area contributed by atoms with Crippen LogP contribution in [0.5, 0.6) is 0 Å². The lowest BCUT2D eigenvalue weighted by Gasteiger charge is -2.31. The number of aliphatic hydroxyl groups excluding tert-OH is 1. The van der Waals surface area contributed by atoms with Crippen LogP contribution in [0.15, 0.2) is 18.2 Å². The molecule has 2 rings (SSSR count). The molecule has 7 nitrogen and oxygen atoms in total. The van der Waals surface area contributed by atoms with Crippen LogP contribution in [0.2, 0.25) is 0 Å². The topological polar surface area (TPSA) is 95.7 Å². The van der Waals surface area contributed by atoms with Crippen LogP contribution in [0.4, 0.5) is 11.4 Å². The zero-order valence-corrected chi connectivity index (χ0v) is 14.9. The Bertz CT molecular complexity index is 612. The normalized spacial score (nSPS) is 16.5. The summed E-state index contributed by atoms with van der Waals surface area (Å²) in [5, 5.41) is 23.8. The third kappa shape index (κ3) is 5.16. The van der Waals surface area contributed by atoms with Crippen molar-refractivity contribution in [1.29, 1.82) is 0 Å². The zero-order valence-electron chi connectivity index (χ0n) is 14.9. The number of amides is 1. The van der Waals surface area contributed by atoms with Crippen molar-refractivity contribution in [3.8, 4) is 0 Å². The van der Waals surface area contributed by atoms with Crippen molar-refractivity contribution in [2.75, 3.05) is 24.5 Å². The maximum atomic E-state index is 12.2. The third-order valence-corrected chi connectivity index (χ3v) is 4.68. The Balaban J connectivity index is 2.12. The molecule has 1 aromatic carbocycles. The minimum atomic E-state index is -0.599. The first-order valence-corrected chi connectivity index (χ1v) is 8.92. The van der Waals surface area contributed by atoms with Gasteiger partial charge < -0.3 is 15.3 Å². The van der Waals surface area contributed by atoms with Crippen LogP contribution in [0.3, 0.4) is 0 Å². The summed E-state index contributed by atoms with van der Waals surface area (Å²) in [7, 11) is 0. The zero-order chi connectivity index (χ0) is 18.4. The second-order valence-electron chi connectivity index (χ2n) is 6.78. The highest BCUT2D eigenvalue weighted by molar-refractivity contribution is 5.95. The molecule has 1 aromatic rings. The number of aliphatic hydroxyl groups is 1. The van der Waals surface area contributed by atoms with Crippen LogP contribution in [0.25, 0.3) is 0 Å². The first-order valence-electron chi connectivity index (χ1n) is 8.92. The number of nitro benzene ring substituents is 1. The molecule has 1 aliphatic heterocycles. The van der Waals surface area contributed by atoms with Gasteiger partial charge in [-0.2, -0.15) is 0 Å². The maximum Gasteiger partial charge on any atom is 0.293 e. The van der Waals surface area contributed by atoms with E-state index in [0.29, 0.717) is 18.0 Å². The fourth-order valence-electron chi connectivity index (χ4n) is 3.08. The average molecular weight is 349 g/mol. The van der Waals surface area contributed by atoms with E-state index >= 15 is 0 Å². The van der Waals surface area contributed by atoms with E-state index in [4.69, 9.17) is 0 Å². The van der Waals surface area contributed by atoms with E-state index in [2.05, 4.69) is 12.2 Å². The van der Waals surface area contributed by atoms with E-state index < -0.39 is 16.9 Å². The lowest BCUT2D eigenvalue weighted by Crippen LogP contribution is -2.34. The van der Waals surface area contributed by atoms with Crippen LogP contribution in [0.1, 0.15) is 49.9 Å². The summed E-state index contributed by atoms with van der Waals surface area (Å²) in [4.78, 5) is 25.2. The fraction of sp³-hybridized carbons (Fsp3) is 0.611. The first kappa shape index (κ1) is 19.2. The lowest BCUT2D eigenvalue weighted by molar-refractivity contribution is -0.384. The molecule has 7 heteroatoms. The molecular weight excluding hydrogens is 322 g/mol. The molecule has 0 spiro atoms. The highest BCUT2D eigenvalue weighted by atomic mass is 16.6. The molecule has 1 atom stereocenters. The molecule has 25 heavy (non-hydrogen) atoms. The lowest BCUT2D eigenvalue weighted by atomic mass is 9.98. The van der Waals surface area contributed by atoms with Crippen LogP contribution in [-0.2, 0) is 0 Å². The molecule has 1 fully saturated rings. The van der Waals surface area contributed by atoms with E-state index in [9.17, 15) is 20.0 Å². The molecular formula is C18H27N3O4. The predicted octanol–water partition coefficient (Wildman–Crippen LogP) is 2.72.